The van der Waals surface area contributed by atoms with Crippen LogP contribution in [0.2, 0.25) is 0 Å². The molecule has 0 unspecified atom stereocenters. The number of rotatable bonds is 6. The molecular weight excluding hydrogens is 226 g/mol. The minimum absolute atomic E-state index is 0.319. The Morgan fingerprint density at radius 1 is 1.61 bits per heavy atom. The standard InChI is InChI=1S/C15H27NO2/c1-5-15(4,6-2)18-12-14(17)11-16-9-7-8-13(3)10-16/h1,13-14,17H,6-12H2,2-4H3/t13-,14+,15+/m0/s1. The number of likely N-dealkylation sites (tertiary alicyclic amines) is 1. The summed E-state index contributed by atoms with van der Waals surface area (Å²) in [6, 6.07) is 0. The van der Waals surface area contributed by atoms with E-state index >= 15 is 0 Å². The van der Waals surface area contributed by atoms with Gasteiger partial charge >= 0.3 is 0 Å². The average Bonchev–Trinajstić information content (AvgIpc) is 2.36. The molecule has 1 aliphatic rings. The largest absolute Gasteiger partial charge is 0.389 e. The van der Waals surface area contributed by atoms with E-state index in [1.807, 2.05) is 13.8 Å². The van der Waals surface area contributed by atoms with Gasteiger partial charge in [0.15, 0.2) is 0 Å². The van der Waals surface area contributed by atoms with Gasteiger partial charge in [-0.05, 0) is 38.6 Å². The van der Waals surface area contributed by atoms with Gasteiger partial charge in [-0.1, -0.05) is 19.8 Å². The zero-order valence-corrected chi connectivity index (χ0v) is 12.0. The van der Waals surface area contributed by atoms with Crippen LogP contribution in [0.5, 0.6) is 0 Å². The van der Waals surface area contributed by atoms with Gasteiger partial charge in [-0.25, -0.2) is 0 Å². The molecule has 18 heavy (non-hydrogen) atoms. The number of aliphatic hydroxyl groups is 1. The maximum Gasteiger partial charge on any atom is 0.125 e. The number of β-amino-alcohol motifs (C(OH)–C–C–N with tert-alkyl or cyclic N) is 1. The zero-order chi connectivity index (χ0) is 13.6. The third kappa shape index (κ3) is 4.97. The number of ether oxygens (including phenoxy) is 1. The Bertz CT molecular complexity index is 287. The van der Waals surface area contributed by atoms with E-state index in [0.29, 0.717) is 13.2 Å². The fourth-order valence-corrected chi connectivity index (χ4v) is 2.33. The van der Waals surface area contributed by atoms with Crippen molar-refractivity contribution in [2.45, 2.75) is 51.7 Å². The molecule has 0 aliphatic carbocycles. The molecule has 1 saturated heterocycles. The van der Waals surface area contributed by atoms with Gasteiger partial charge in [-0.15, -0.1) is 6.42 Å². The lowest BCUT2D eigenvalue weighted by Gasteiger charge is -2.33. The Hall–Kier alpha value is -0.560. The summed E-state index contributed by atoms with van der Waals surface area (Å²) in [4.78, 5) is 2.32. The van der Waals surface area contributed by atoms with E-state index in [9.17, 15) is 5.11 Å². The molecule has 0 aromatic heterocycles. The molecule has 3 nitrogen and oxygen atoms in total. The van der Waals surface area contributed by atoms with Gasteiger partial charge in [-0.2, -0.15) is 0 Å². The lowest BCUT2D eigenvalue weighted by molar-refractivity contribution is -0.0494. The van der Waals surface area contributed by atoms with Gasteiger partial charge in [0.2, 0.25) is 0 Å². The highest BCUT2D eigenvalue weighted by Crippen LogP contribution is 2.17. The second kappa shape index (κ2) is 7.13. The van der Waals surface area contributed by atoms with E-state index in [0.717, 1.165) is 25.4 Å². The molecule has 0 spiro atoms. The summed E-state index contributed by atoms with van der Waals surface area (Å²) >= 11 is 0. The lowest BCUT2D eigenvalue weighted by atomic mass is 10.00. The van der Waals surface area contributed by atoms with E-state index in [1.165, 1.54) is 12.8 Å². The number of hydrogen-bond acceptors (Lipinski definition) is 3. The normalized spacial score (nSPS) is 26.3. The van der Waals surface area contributed by atoms with Crippen LogP contribution < -0.4 is 0 Å². The minimum atomic E-state index is -0.545. The first kappa shape index (κ1) is 15.5. The topological polar surface area (TPSA) is 32.7 Å². The average molecular weight is 253 g/mol. The van der Waals surface area contributed by atoms with Crippen molar-refractivity contribution in [3.8, 4) is 12.3 Å². The quantitative estimate of drug-likeness (QED) is 0.734. The van der Waals surface area contributed by atoms with Gasteiger partial charge in [0.05, 0.1) is 12.7 Å². The van der Waals surface area contributed by atoms with Crippen molar-refractivity contribution in [2.24, 2.45) is 5.92 Å². The molecule has 0 aromatic rings. The Morgan fingerprint density at radius 3 is 2.89 bits per heavy atom. The van der Waals surface area contributed by atoms with E-state index in [4.69, 9.17) is 11.2 Å². The molecule has 0 aromatic carbocycles. The van der Waals surface area contributed by atoms with Crippen LogP contribution >= 0.6 is 0 Å². The van der Waals surface area contributed by atoms with Crippen molar-refractivity contribution in [2.75, 3.05) is 26.2 Å². The van der Waals surface area contributed by atoms with Crippen LogP contribution in [0.25, 0.3) is 0 Å². The molecule has 1 fully saturated rings. The Kier molecular flexibility index (Phi) is 6.14. The van der Waals surface area contributed by atoms with E-state index in [-0.39, 0.29) is 0 Å². The summed E-state index contributed by atoms with van der Waals surface area (Å²) in [6.45, 7) is 9.33. The van der Waals surface area contributed by atoms with Crippen molar-refractivity contribution >= 4 is 0 Å². The van der Waals surface area contributed by atoms with Gasteiger partial charge in [0.25, 0.3) is 0 Å². The predicted octanol–water partition coefficient (Wildman–Crippen LogP) is 1.90. The molecule has 1 rings (SSSR count). The summed E-state index contributed by atoms with van der Waals surface area (Å²) in [5.41, 5.74) is -0.545. The van der Waals surface area contributed by atoms with Crippen molar-refractivity contribution in [3.05, 3.63) is 0 Å². The van der Waals surface area contributed by atoms with Crippen LogP contribution in [0.3, 0.4) is 0 Å². The van der Waals surface area contributed by atoms with Crippen LogP contribution in [0.15, 0.2) is 0 Å². The smallest absolute Gasteiger partial charge is 0.125 e. The van der Waals surface area contributed by atoms with Crippen molar-refractivity contribution in [1.29, 1.82) is 0 Å². The maximum atomic E-state index is 10.0. The lowest BCUT2D eigenvalue weighted by Crippen LogP contribution is -2.42. The summed E-state index contributed by atoms with van der Waals surface area (Å²) in [7, 11) is 0. The third-order valence-corrected chi connectivity index (χ3v) is 3.78. The highest BCUT2D eigenvalue weighted by molar-refractivity contribution is 5.05. The summed E-state index contributed by atoms with van der Waals surface area (Å²) in [5, 5.41) is 10.0. The van der Waals surface area contributed by atoms with Gasteiger partial charge in [0.1, 0.15) is 5.60 Å². The molecule has 1 aliphatic heterocycles. The second-order valence-corrected chi connectivity index (χ2v) is 5.70. The van der Waals surface area contributed by atoms with E-state index in [2.05, 4.69) is 17.7 Å². The van der Waals surface area contributed by atoms with Gasteiger partial charge in [0, 0.05) is 13.1 Å². The number of aliphatic hydroxyl groups excluding tert-OH is 1. The van der Waals surface area contributed by atoms with Crippen LogP contribution in [0.4, 0.5) is 0 Å². The Balaban J connectivity index is 2.29. The third-order valence-electron chi connectivity index (χ3n) is 3.78. The highest BCUT2D eigenvalue weighted by Gasteiger charge is 2.23. The highest BCUT2D eigenvalue weighted by atomic mass is 16.5. The number of terminal acetylenes is 1. The van der Waals surface area contributed by atoms with Crippen molar-refractivity contribution < 1.29 is 9.84 Å². The molecule has 0 radical (unpaired) electrons. The van der Waals surface area contributed by atoms with E-state index in [1.54, 1.807) is 0 Å². The monoisotopic (exact) mass is 253 g/mol. The van der Waals surface area contributed by atoms with Gasteiger partial charge < -0.3 is 14.7 Å². The first-order chi connectivity index (χ1) is 8.49. The maximum absolute atomic E-state index is 10.0. The van der Waals surface area contributed by atoms with Gasteiger partial charge in [-0.3, -0.25) is 0 Å². The molecule has 0 bridgehead atoms. The second-order valence-electron chi connectivity index (χ2n) is 5.70. The number of piperidine rings is 1. The minimum Gasteiger partial charge on any atom is -0.389 e. The van der Waals surface area contributed by atoms with E-state index < -0.39 is 11.7 Å². The molecule has 0 amide bonds. The predicted molar refractivity (Wildman–Crippen MR) is 74.3 cm³/mol. The molecule has 104 valence electrons. The zero-order valence-electron chi connectivity index (χ0n) is 12.0. The molecule has 1 N–H and O–H groups in total. The first-order valence-corrected chi connectivity index (χ1v) is 7.01. The molecular formula is C15H27NO2. The molecule has 0 saturated carbocycles. The SMILES string of the molecule is C#C[C@](C)(CC)OC[C@H](O)CN1CCC[C@H](C)C1. The van der Waals surface area contributed by atoms with Crippen LogP contribution in [-0.2, 0) is 4.74 Å². The van der Waals surface area contributed by atoms with Crippen LogP contribution in [0.1, 0.15) is 40.0 Å². The molecule has 3 atom stereocenters. The Labute approximate surface area is 112 Å². The number of nitrogens with zero attached hydrogens (tertiary/aromatic N) is 1. The Morgan fingerprint density at radius 2 is 2.33 bits per heavy atom. The van der Waals surface area contributed by atoms with Crippen LogP contribution in [0, 0.1) is 18.3 Å². The van der Waals surface area contributed by atoms with Crippen LogP contribution in [-0.4, -0.2) is 48.0 Å². The first-order valence-electron chi connectivity index (χ1n) is 7.01. The fourth-order valence-electron chi connectivity index (χ4n) is 2.33. The summed E-state index contributed by atoms with van der Waals surface area (Å²) in [6.07, 6.45) is 8.28. The van der Waals surface area contributed by atoms with Crippen molar-refractivity contribution in [1.82, 2.24) is 4.90 Å². The summed E-state index contributed by atoms with van der Waals surface area (Å²) in [5.74, 6) is 3.38. The fraction of sp³-hybridized carbons (Fsp3) is 0.867. The molecule has 3 heteroatoms. The summed E-state index contributed by atoms with van der Waals surface area (Å²) < 4.78 is 5.65. The van der Waals surface area contributed by atoms with Crippen molar-refractivity contribution in [3.63, 3.8) is 0 Å². The molecule has 1 heterocycles. The number of hydrogen-bond donors (Lipinski definition) is 1.